The van der Waals surface area contributed by atoms with E-state index in [1.807, 2.05) is 32.5 Å². The number of hydrogen-bond donors (Lipinski definition) is 1. The second-order valence-corrected chi connectivity index (χ2v) is 7.05. The second kappa shape index (κ2) is 9.00. The van der Waals surface area contributed by atoms with Crippen molar-refractivity contribution in [2.24, 2.45) is 0 Å². The van der Waals surface area contributed by atoms with Crippen LogP contribution < -0.4 is 10.2 Å². The number of amides is 1. The van der Waals surface area contributed by atoms with Gasteiger partial charge in [0, 0.05) is 31.2 Å². The van der Waals surface area contributed by atoms with Gasteiger partial charge in [0.15, 0.2) is 0 Å². The van der Waals surface area contributed by atoms with Crippen LogP contribution in [-0.4, -0.2) is 32.8 Å². The zero-order chi connectivity index (χ0) is 17.5. The monoisotopic (exact) mass is 362 g/mol. The first kappa shape index (κ1) is 18.7. The summed E-state index contributed by atoms with van der Waals surface area (Å²) < 4.78 is 0. The number of halogens is 1. The number of hydrogen-bond acceptors (Lipinski definition) is 3. The lowest BCUT2D eigenvalue weighted by molar-refractivity contribution is 0.0953. The number of thioether (sulfide) groups is 1. The maximum atomic E-state index is 12.3. The van der Waals surface area contributed by atoms with E-state index in [1.54, 1.807) is 17.8 Å². The van der Waals surface area contributed by atoms with Crippen molar-refractivity contribution in [2.75, 3.05) is 31.8 Å². The highest BCUT2D eigenvalue weighted by molar-refractivity contribution is 7.98. The van der Waals surface area contributed by atoms with Crippen molar-refractivity contribution >= 4 is 35.0 Å². The minimum Gasteiger partial charge on any atom is -0.378 e. The van der Waals surface area contributed by atoms with Gasteiger partial charge >= 0.3 is 0 Å². The largest absolute Gasteiger partial charge is 0.378 e. The second-order valence-electron chi connectivity index (χ2n) is 5.77. The van der Waals surface area contributed by atoms with Gasteiger partial charge in [-0.1, -0.05) is 23.7 Å². The average molecular weight is 363 g/mol. The van der Waals surface area contributed by atoms with Crippen molar-refractivity contribution in [3.63, 3.8) is 0 Å². The molecule has 5 heteroatoms. The van der Waals surface area contributed by atoms with Crippen LogP contribution in [0, 0.1) is 0 Å². The Morgan fingerprint density at radius 1 is 1.17 bits per heavy atom. The smallest absolute Gasteiger partial charge is 0.252 e. The lowest BCUT2D eigenvalue weighted by Crippen LogP contribution is -2.25. The first-order chi connectivity index (χ1) is 11.5. The molecule has 0 atom stereocenters. The van der Waals surface area contributed by atoms with E-state index >= 15 is 0 Å². The Bertz CT molecular complexity index is 686. The Morgan fingerprint density at radius 3 is 2.50 bits per heavy atom. The van der Waals surface area contributed by atoms with E-state index in [0.29, 0.717) is 17.1 Å². The molecule has 0 radical (unpaired) electrons. The van der Waals surface area contributed by atoms with Crippen LogP contribution in [0.1, 0.15) is 22.3 Å². The summed E-state index contributed by atoms with van der Waals surface area (Å²) in [5.74, 6) is -0.112. The average Bonchev–Trinajstić information content (AvgIpc) is 2.59. The summed E-state index contributed by atoms with van der Waals surface area (Å²) in [5.41, 5.74) is 3.01. The van der Waals surface area contributed by atoms with E-state index in [0.717, 1.165) is 17.7 Å². The van der Waals surface area contributed by atoms with Crippen LogP contribution in [0.2, 0.25) is 5.02 Å². The van der Waals surface area contributed by atoms with Crippen LogP contribution in [0.15, 0.2) is 47.4 Å². The van der Waals surface area contributed by atoms with Crippen LogP contribution in [0.3, 0.4) is 0 Å². The molecule has 0 saturated carbocycles. The first-order valence-corrected chi connectivity index (χ1v) is 9.49. The Hall–Kier alpha value is -1.65. The molecule has 2 rings (SSSR count). The number of aryl methyl sites for hydroxylation is 1. The van der Waals surface area contributed by atoms with Crippen molar-refractivity contribution in [3.05, 3.63) is 58.6 Å². The van der Waals surface area contributed by atoms with Crippen molar-refractivity contribution < 1.29 is 4.79 Å². The fraction of sp³-hybridized carbons (Fsp3) is 0.316. The van der Waals surface area contributed by atoms with Crippen LogP contribution in [0.25, 0.3) is 0 Å². The lowest BCUT2D eigenvalue weighted by atomic mass is 10.1. The standard InChI is InChI=1S/C19H23ClN2OS/c1-22(2)15-8-6-14(7-9-15)5-4-12-21-19(23)17-13-16(24-3)10-11-18(17)20/h6-11,13H,4-5,12H2,1-3H3,(H,21,23). The first-order valence-electron chi connectivity index (χ1n) is 7.89. The number of rotatable bonds is 7. The molecule has 2 aromatic carbocycles. The van der Waals surface area contributed by atoms with Crippen molar-refractivity contribution in [1.29, 1.82) is 0 Å². The molecule has 1 amide bonds. The maximum Gasteiger partial charge on any atom is 0.252 e. The molecule has 0 aliphatic carbocycles. The van der Waals surface area contributed by atoms with E-state index in [-0.39, 0.29) is 5.91 Å². The molecule has 0 spiro atoms. The quantitative estimate of drug-likeness (QED) is 0.581. The molecule has 2 aromatic rings. The molecule has 0 fully saturated rings. The number of carbonyl (C=O) groups excluding carboxylic acids is 1. The molecule has 0 saturated heterocycles. The normalized spacial score (nSPS) is 10.5. The van der Waals surface area contributed by atoms with Crippen molar-refractivity contribution in [1.82, 2.24) is 5.32 Å². The summed E-state index contributed by atoms with van der Waals surface area (Å²) >= 11 is 7.72. The van der Waals surface area contributed by atoms with Gasteiger partial charge in [0.05, 0.1) is 10.6 Å². The Balaban J connectivity index is 1.82. The van der Waals surface area contributed by atoms with E-state index < -0.39 is 0 Å². The van der Waals surface area contributed by atoms with E-state index in [9.17, 15) is 4.79 Å². The van der Waals surface area contributed by atoms with Crippen molar-refractivity contribution in [2.45, 2.75) is 17.7 Å². The third-order valence-corrected chi connectivity index (χ3v) is 4.85. The molecule has 0 aliphatic heterocycles. The maximum absolute atomic E-state index is 12.3. The minimum absolute atomic E-state index is 0.112. The molecule has 128 valence electrons. The zero-order valence-electron chi connectivity index (χ0n) is 14.3. The predicted octanol–water partition coefficient (Wildman–Crippen LogP) is 4.49. The fourth-order valence-electron chi connectivity index (χ4n) is 2.36. The highest BCUT2D eigenvalue weighted by Crippen LogP contribution is 2.23. The van der Waals surface area contributed by atoms with Gasteiger partial charge in [-0.25, -0.2) is 0 Å². The van der Waals surface area contributed by atoms with Gasteiger partial charge in [-0.3, -0.25) is 4.79 Å². The van der Waals surface area contributed by atoms with Gasteiger partial charge in [-0.15, -0.1) is 11.8 Å². The number of nitrogens with zero attached hydrogens (tertiary/aromatic N) is 1. The highest BCUT2D eigenvalue weighted by atomic mass is 35.5. The SMILES string of the molecule is CSc1ccc(Cl)c(C(=O)NCCCc2ccc(N(C)C)cc2)c1. The summed E-state index contributed by atoms with van der Waals surface area (Å²) in [7, 11) is 4.06. The number of benzene rings is 2. The predicted molar refractivity (Wildman–Crippen MR) is 105 cm³/mol. The lowest BCUT2D eigenvalue weighted by Gasteiger charge is -2.12. The number of carbonyl (C=O) groups is 1. The highest BCUT2D eigenvalue weighted by Gasteiger charge is 2.10. The van der Waals surface area contributed by atoms with E-state index in [4.69, 9.17) is 11.6 Å². The molecular formula is C19H23ClN2OS. The topological polar surface area (TPSA) is 32.3 Å². The summed E-state index contributed by atoms with van der Waals surface area (Å²) in [6, 6.07) is 14.0. The van der Waals surface area contributed by atoms with Crippen molar-refractivity contribution in [3.8, 4) is 0 Å². The molecule has 0 bridgehead atoms. The molecule has 24 heavy (non-hydrogen) atoms. The zero-order valence-corrected chi connectivity index (χ0v) is 15.9. The number of nitrogens with one attached hydrogen (secondary N) is 1. The third kappa shape index (κ3) is 5.18. The Morgan fingerprint density at radius 2 is 1.88 bits per heavy atom. The van der Waals surface area contributed by atoms with Crippen LogP contribution in [0.5, 0.6) is 0 Å². The van der Waals surface area contributed by atoms with Gasteiger partial charge in [0.1, 0.15) is 0 Å². The van der Waals surface area contributed by atoms with Gasteiger partial charge in [-0.2, -0.15) is 0 Å². The molecule has 0 aromatic heterocycles. The Kier molecular flexibility index (Phi) is 7.00. The van der Waals surface area contributed by atoms with Crippen LogP contribution >= 0.6 is 23.4 Å². The molecule has 0 unspecified atom stereocenters. The van der Waals surface area contributed by atoms with Gasteiger partial charge in [-0.05, 0) is 55.0 Å². The van der Waals surface area contributed by atoms with Gasteiger partial charge in [0.2, 0.25) is 0 Å². The molecule has 0 aliphatic rings. The molecular weight excluding hydrogens is 340 g/mol. The van der Waals surface area contributed by atoms with E-state index in [2.05, 4.69) is 34.5 Å². The summed E-state index contributed by atoms with van der Waals surface area (Å²) in [6.45, 7) is 0.633. The minimum atomic E-state index is -0.112. The van der Waals surface area contributed by atoms with Crippen LogP contribution in [-0.2, 0) is 6.42 Å². The molecule has 3 nitrogen and oxygen atoms in total. The Labute approximate surface area is 153 Å². The summed E-state index contributed by atoms with van der Waals surface area (Å²) in [6.07, 6.45) is 3.81. The van der Waals surface area contributed by atoms with Gasteiger partial charge in [0.25, 0.3) is 5.91 Å². The summed E-state index contributed by atoms with van der Waals surface area (Å²) in [5, 5.41) is 3.44. The van der Waals surface area contributed by atoms with Crippen LogP contribution in [0.4, 0.5) is 5.69 Å². The number of anilines is 1. The molecule has 1 N–H and O–H groups in total. The summed E-state index contributed by atoms with van der Waals surface area (Å²) in [4.78, 5) is 15.4. The van der Waals surface area contributed by atoms with Gasteiger partial charge < -0.3 is 10.2 Å². The molecule has 0 heterocycles. The fourth-order valence-corrected chi connectivity index (χ4v) is 3.00. The van der Waals surface area contributed by atoms with E-state index in [1.165, 1.54) is 11.3 Å². The third-order valence-electron chi connectivity index (χ3n) is 3.80.